The van der Waals surface area contributed by atoms with Gasteiger partial charge in [-0.3, -0.25) is 4.79 Å². The highest BCUT2D eigenvalue weighted by atomic mass is 16.6. The normalized spacial score (nSPS) is 23.2. The highest BCUT2D eigenvalue weighted by Gasteiger charge is 2.45. The van der Waals surface area contributed by atoms with Gasteiger partial charge < -0.3 is 10.1 Å². The van der Waals surface area contributed by atoms with Gasteiger partial charge in [0, 0.05) is 6.54 Å². The first kappa shape index (κ1) is 9.93. The maximum Gasteiger partial charge on any atom is 0.252 e. The number of rotatable bonds is 4. The summed E-state index contributed by atoms with van der Waals surface area (Å²) in [5.74, 6) is -0.0660. The molecular weight excluding hydrogens is 190 g/mol. The zero-order chi connectivity index (χ0) is 10.7. The van der Waals surface area contributed by atoms with E-state index in [4.69, 9.17) is 4.74 Å². The van der Waals surface area contributed by atoms with E-state index in [1.165, 1.54) is 0 Å². The van der Waals surface area contributed by atoms with Gasteiger partial charge in [-0.05, 0) is 5.56 Å². The van der Waals surface area contributed by atoms with Crippen molar-refractivity contribution in [3.63, 3.8) is 0 Å². The molecular formula is C12H13NO2. The first-order chi connectivity index (χ1) is 7.33. The molecule has 1 aliphatic rings. The van der Waals surface area contributed by atoms with Crippen molar-refractivity contribution in [1.29, 1.82) is 0 Å². The standard InChI is InChI=1S/C12H13NO2/c1-2-8-13-12(14)11-10(15-11)9-6-4-3-5-7-9/h2-7,10-11H,1,8H2,(H,13,14)/t10-,11+/m0/s1. The van der Waals surface area contributed by atoms with Crippen LogP contribution in [-0.4, -0.2) is 18.6 Å². The third-order valence-corrected chi connectivity index (χ3v) is 2.30. The summed E-state index contributed by atoms with van der Waals surface area (Å²) in [6.07, 6.45) is 1.25. The van der Waals surface area contributed by atoms with Gasteiger partial charge in [0.05, 0.1) is 0 Å². The Hall–Kier alpha value is -1.61. The van der Waals surface area contributed by atoms with E-state index in [0.29, 0.717) is 6.54 Å². The van der Waals surface area contributed by atoms with E-state index >= 15 is 0 Å². The van der Waals surface area contributed by atoms with Crippen molar-refractivity contribution < 1.29 is 9.53 Å². The third kappa shape index (κ3) is 2.25. The molecule has 0 unspecified atom stereocenters. The fraction of sp³-hybridized carbons (Fsp3) is 0.250. The lowest BCUT2D eigenvalue weighted by atomic mass is 10.1. The molecule has 2 atom stereocenters. The molecule has 3 heteroatoms. The lowest BCUT2D eigenvalue weighted by Crippen LogP contribution is -2.28. The SMILES string of the molecule is C=CCNC(=O)[C@@H]1O[C@H]1c1ccccc1. The maximum atomic E-state index is 11.5. The Bertz CT molecular complexity index is 361. The van der Waals surface area contributed by atoms with Gasteiger partial charge in [-0.2, -0.15) is 0 Å². The van der Waals surface area contributed by atoms with Gasteiger partial charge in [-0.15, -0.1) is 6.58 Å². The first-order valence-corrected chi connectivity index (χ1v) is 4.92. The number of benzene rings is 1. The molecule has 1 aliphatic heterocycles. The smallest absolute Gasteiger partial charge is 0.252 e. The van der Waals surface area contributed by atoms with Crippen LogP contribution in [-0.2, 0) is 9.53 Å². The number of ether oxygens (including phenoxy) is 1. The third-order valence-electron chi connectivity index (χ3n) is 2.30. The summed E-state index contributed by atoms with van der Waals surface area (Å²) in [4.78, 5) is 11.5. The van der Waals surface area contributed by atoms with Crippen LogP contribution < -0.4 is 5.32 Å². The number of hydrogen-bond acceptors (Lipinski definition) is 2. The second-order valence-corrected chi connectivity index (χ2v) is 3.42. The molecule has 0 spiro atoms. The number of carbonyl (C=O) groups is 1. The van der Waals surface area contributed by atoms with Crippen LogP contribution in [0.25, 0.3) is 0 Å². The zero-order valence-corrected chi connectivity index (χ0v) is 8.35. The number of carbonyl (C=O) groups excluding carboxylic acids is 1. The van der Waals surface area contributed by atoms with Crippen LogP contribution in [0, 0.1) is 0 Å². The lowest BCUT2D eigenvalue weighted by Gasteiger charge is -1.97. The van der Waals surface area contributed by atoms with E-state index < -0.39 is 0 Å². The molecule has 0 bridgehead atoms. The highest BCUT2D eigenvalue weighted by molar-refractivity contribution is 5.84. The highest BCUT2D eigenvalue weighted by Crippen LogP contribution is 2.38. The zero-order valence-electron chi connectivity index (χ0n) is 8.35. The summed E-state index contributed by atoms with van der Waals surface area (Å²) in [5.41, 5.74) is 1.05. The van der Waals surface area contributed by atoms with Gasteiger partial charge in [0.1, 0.15) is 6.10 Å². The monoisotopic (exact) mass is 203 g/mol. The molecule has 1 amide bonds. The van der Waals surface area contributed by atoms with Crippen molar-refractivity contribution in [3.8, 4) is 0 Å². The Kier molecular flexibility index (Phi) is 2.83. The van der Waals surface area contributed by atoms with Gasteiger partial charge in [0.15, 0.2) is 6.10 Å². The van der Waals surface area contributed by atoms with Crippen molar-refractivity contribution in [3.05, 3.63) is 48.6 Å². The van der Waals surface area contributed by atoms with Crippen LogP contribution >= 0.6 is 0 Å². The van der Waals surface area contributed by atoms with Gasteiger partial charge in [-0.25, -0.2) is 0 Å². The minimum atomic E-state index is -0.327. The van der Waals surface area contributed by atoms with Crippen LogP contribution in [0.15, 0.2) is 43.0 Å². The predicted molar refractivity (Wildman–Crippen MR) is 57.3 cm³/mol. The average Bonchev–Trinajstić information content (AvgIpc) is 3.07. The van der Waals surface area contributed by atoms with Crippen LogP contribution in [0.2, 0.25) is 0 Å². The van der Waals surface area contributed by atoms with Crippen molar-refractivity contribution in [2.45, 2.75) is 12.2 Å². The summed E-state index contributed by atoms with van der Waals surface area (Å²) >= 11 is 0. The molecule has 3 nitrogen and oxygen atoms in total. The fourth-order valence-electron chi connectivity index (χ4n) is 1.48. The molecule has 1 aromatic rings. The molecule has 78 valence electrons. The molecule has 1 saturated heterocycles. The fourth-order valence-corrected chi connectivity index (χ4v) is 1.48. The number of hydrogen-bond donors (Lipinski definition) is 1. The van der Waals surface area contributed by atoms with E-state index in [1.54, 1.807) is 6.08 Å². The number of amides is 1. The molecule has 1 fully saturated rings. The van der Waals surface area contributed by atoms with Crippen molar-refractivity contribution in [1.82, 2.24) is 5.32 Å². The molecule has 1 aromatic carbocycles. The van der Waals surface area contributed by atoms with Crippen molar-refractivity contribution in [2.24, 2.45) is 0 Å². The minimum Gasteiger partial charge on any atom is -0.354 e. The summed E-state index contributed by atoms with van der Waals surface area (Å²) in [6.45, 7) is 4.02. The van der Waals surface area contributed by atoms with E-state index in [0.717, 1.165) is 5.56 Å². The summed E-state index contributed by atoms with van der Waals surface area (Å²) in [6, 6.07) is 9.75. The molecule has 0 radical (unpaired) electrons. The van der Waals surface area contributed by atoms with Crippen LogP contribution in [0.4, 0.5) is 0 Å². The summed E-state index contributed by atoms with van der Waals surface area (Å²) in [5, 5.41) is 2.71. The molecule has 0 aromatic heterocycles. The molecule has 1 N–H and O–H groups in total. The molecule has 0 saturated carbocycles. The Morgan fingerprint density at radius 2 is 2.20 bits per heavy atom. The number of epoxide rings is 1. The topological polar surface area (TPSA) is 41.6 Å². The minimum absolute atomic E-state index is 0.0660. The second-order valence-electron chi connectivity index (χ2n) is 3.42. The van der Waals surface area contributed by atoms with Gasteiger partial charge in [0.2, 0.25) is 0 Å². The van der Waals surface area contributed by atoms with Crippen LogP contribution in [0.3, 0.4) is 0 Å². The Balaban J connectivity index is 1.91. The average molecular weight is 203 g/mol. The Morgan fingerprint density at radius 1 is 1.47 bits per heavy atom. The molecule has 15 heavy (non-hydrogen) atoms. The Morgan fingerprint density at radius 3 is 2.87 bits per heavy atom. The lowest BCUT2D eigenvalue weighted by molar-refractivity contribution is -0.122. The van der Waals surface area contributed by atoms with Crippen molar-refractivity contribution in [2.75, 3.05) is 6.54 Å². The quantitative estimate of drug-likeness (QED) is 0.594. The van der Waals surface area contributed by atoms with Gasteiger partial charge >= 0.3 is 0 Å². The first-order valence-electron chi connectivity index (χ1n) is 4.92. The summed E-state index contributed by atoms with van der Waals surface area (Å²) in [7, 11) is 0. The van der Waals surface area contributed by atoms with Gasteiger partial charge in [0.25, 0.3) is 5.91 Å². The maximum absolute atomic E-state index is 11.5. The molecule has 1 heterocycles. The summed E-state index contributed by atoms with van der Waals surface area (Å²) < 4.78 is 5.32. The molecule has 0 aliphatic carbocycles. The molecule has 2 rings (SSSR count). The van der Waals surface area contributed by atoms with E-state index in [9.17, 15) is 4.79 Å². The van der Waals surface area contributed by atoms with E-state index in [1.807, 2.05) is 30.3 Å². The van der Waals surface area contributed by atoms with Gasteiger partial charge in [-0.1, -0.05) is 36.4 Å². The van der Waals surface area contributed by atoms with E-state index in [-0.39, 0.29) is 18.1 Å². The van der Waals surface area contributed by atoms with Crippen LogP contribution in [0.1, 0.15) is 11.7 Å². The predicted octanol–water partition coefficient (Wildman–Crippen LogP) is 1.43. The number of nitrogens with one attached hydrogen (secondary N) is 1. The second kappa shape index (κ2) is 4.28. The van der Waals surface area contributed by atoms with Crippen molar-refractivity contribution >= 4 is 5.91 Å². The van der Waals surface area contributed by atoms with E-state index in [2.05, 4.69) is 11.9 Å². The Labute approximate surface area is 88.8 Å². The van der Waals surface area contributed by atoms with Crippen LogP contribution in [0.5, 0.6) is 0 Å². The largest absolute Gasteiger partial charge is 0.354 e.